The zero-order valence-electron chi connectivity index (χ0n) is 27.9. The number of carbonyl (C=O) groups is 4. The summed E-state index contributed by atoms with van der Waals surface area (Å²) in [7, 11) is 1.01. The number of benzene rings is 4. The van der Waals surface area contributed by atoms with Crippen molar-refractivity contribution in [1.29, 1.82) is 0 Å². The lowest BCUT2D eigenvalue weighted by atomic mass is 9.87. The number of fused-ring (bicyclic) bond motifs is 1. The monoisotopic (exact) mass is 748 g/mol. The van der Waals surface area contributed by atoms with Crippen molar-refractivity contribution in [2.75, 3.05) is 7.11 Å². The summed E-state index contributed by atoms with van der Waals surface area (Å²) in [4.78, 5) is 51.9. The number of hydrogen-bond donors (Lipinski definition) is 9. The number of carboxylic acid groups (broad SMARTS) is 1. The van der Waals surface area contributed by atoms with Crippen molar-refractivity contribution in [1.82, 2.24) is 0 Å². The predicted molar refractivity (Wildman–Crippen MR) is 181 cm³/mol. The lowest BCUT2D eigenvalue weighted by molar-refractivity contribution is -0.166. The van der Waals surface area contributed by atoms with Crippen LogP contribution in [0.3, 0.4) is 0 Å². The molecule has 5 rings (SSSR count). The Bertz CT molecular complexity index is 2160. The Balaban J connectivity index is 1.51. The van der Waals surface area contributed by atoms with Gasteiger partial charge < -0.3 is 64.9 Å². The van der Waals surface area contributed by atoms with E-state index in [1.165, 1.54) is 24.3 Å². The van der Waals surface area contributed by atoms with E-state index in [9.17, 15) is 65.1 Å². The third-order valence-electron chi connectivity index (χ3n) is 8.32. The molecule has 0 saturated heterocycles. The third kappa shape index (κ3) is 8.09. The van der Waals surface area contributed by atoms with Gasteiger partial charge in [-0.1, -0.05) is 24.3 Å². The van der Waals surface area contributed by atoms with Crippen LogP contribution in [0.1, 0.15) is 39.8 Å². The quantitative estimate of drug-likeness (QED) is 0.0330. The topological polar surface area (TPSA) is 287 Å². The largest absolute Gasteiger partial charge is 0.504 e. The lowest BCUT2D eigenvalue weighted by Crippen LogP contribution is -2.33. The molecule has 0 aliphatic carbocycles. The molecule has 0 bridgehead atoms. The van der Waals surface area contributed by atoms with Crippen molar-refractivity contribution in [2.45, 2.75) is 37.1 Å². The summed E-state index contributed by atoms with van der Waals surface area (Å²) in [5, 5.41) is 90.7. The van der Waals surface area contributed by atoms with E-state index in [0.717, 1.165) is 55.7 Å². The number of methoxy groups -OCH3 is 1. The molecule has 54 heavy (non-hydrogen) atoms. The molecule has 4 aromatic rings. The number of ether oxygens (including phenoxy) is 4. The number of hydrogen-bond acceptors (Lipinski definition) is 16. The molecular weight excluding hydrogens is 716 g/mol. The molecule has 9 N–H and O–H groups in total. The maximum Gasteiger partial charge on any atom is 0.374 e. The second kappa shape index (κ2) is 15.5. The SMILES string of the molecule is COC(=O)[C@@H](Cc1ccc(O)c(O)c1)OC(=O)/C(O)=C/c1ccc(O)c2c1[C@H](C(=O)O[C@H](Cc1ccc(O)c(O)c1)C(=O)O)[C@@H](c1ccc(O)c(O)c1)O2. The van der Waals surface area contributed by atoms with Crippen LogP contribution in [0, 0.1) is 0 Å². The summed E-state index contributed by atoms with van der Waals surface area (Å²) in [6.45, 7) is 0. The number of phenols is 7. The van der Waals surface area contributed by atoms with Gasteiger partial charge in [-0.25, -0.2) is 14.4 Å². The first-order valence-electron chi connectivity index (χ1n) is 15.8. The average Bonchev–Trinajstić information content (AvgIpc) is 3.54. The highest BCUT2D eigenvalue weighted by Gasteiger charge is 2.46. The molecule has 282 valence electrons. The van der Waals surface area contributed by atoms with Gasteiger partial charge >= 0.3 is 23.9 Å². The number of aromatic hydroxyl groups is 7. The Hall–Kier alpha value is -7.30. The van der Waals surface area contributed by atoms with E-state index in [2.05, 4.69) is 0 Å². The molecule has 17 heteroatoms. The number of aliphatic hydroxyl groups is 1. The molecule has 1 heterocycles. The van der Waals surface area contributed by atoms with E-state index in [0.29, 0.717) is 0 Å². The fraction of sp³-hybridized carbons (Fsp3) is 0.189. The normalized spacial score (nSPS) is 16.0. The fourth-order valence-corrected chi connectivity index (χ4v) is 5.65. The van der Waals surface area contributed by atoms with Crippen molar-refractivity contribution in [3.05, 3.63) is 100 Å². The van der Waals surface area contributed by atoms with Crippen LogP contribution in [0.2, 0.25) is 0 Å². The molecule has 0 aromatic heterocycles. The number of phenolic OH excluding ortho intramolecular Hbond substituents is 7. The number of esters is 3. The van der Waals surface area contributed by atoms with Gasteiger partial charge in [0, 0.05) is 18.4 Å². The van der Waals surface area contributed by atoms with Gasteiger partial charge in [0.15, 0.2) is 46.0 Å². The van der Waals surface area contributed by atoms with Gasteiger partial charge in [-0.3, -0.25) is 4.79 Å². The number of aliphatic hydroxyl groups excluding tert-OH is 1. The molecule has 0 unspecified atom stereocenters. The van der Waals surface area contributed by atoms with Crippen LogP contribution in [0.4, 0.5) is 0 Å². The molecule has 0 amide bonds. The van der Waals surface area contributed by atoms with Gasteiger partial charge in [-0.2, -0.15) is 0 Å². The van der Waals surface area contributed by atoms with Crippen molar-refractivity contribution in [3.8, 4) is 46.0 Å². The Kier molecular flexibility index (Phi) is 10.9. The van der Waals surface area contributed by atoms with Crippen molar-refractivity contribution >= 4 is 30.0 Å². The van der Waals surface area contributed by atoms with E-state index < -0.39 is 101 Å². The smallest absolute Gasteiger partial charge is 0.374 e. The number of aliphatic carboxylic acids is 1. The van der Waals surface area contributed by atoms with E-state index in [1.54, 1.807) is 0 Å². The Morgan fingerprint density at radius 2 is 1.22 bits per heavy atom. The van der Waals surface area contributed by atoms with Gasteiger partial charge in [-0.05, 0) is 70.8 Å². The zero-order valence-corrected chi connectivity index (χ0v) is 27.9. The van der Waals surface area contributed by atoms with Crippen LogP contribution in [-0.4, -0.2) is 89.2 Å². The molecule has 4 aromatic carbocycles. The van der Waals surface area contributed by atoms with Gasteiger partial charge in [0.1, 0.15) is 12.0 Å². The first kappa shape index (κ1) is 37.9. The molecule has 0 radical (unpaired) electrons. The summed E-state index contributed by atoms with van der Waals surface area (Å²) >= 11 is 0. The Morgan fingerprint density at radius 1 is 0.685 bits per heavy atom. The maximum atomic E-state index is 14.0. The standard InChI is InChI=1S/C37H32O17/c1-51-36(49)29(13-17-3-7-21(39)25(43)11-17)53-35(48)27(45)14-18-4-9-23(41)33-30(18)31(32(54-33)19-5-8-22(40)26(44)15-19)37(50)52-28(34(46)47)12-16-2-6-20(38)24(42)10-16/h2-11,14-15,28-29,31-32,38-45H,12-13H2,1H3,(H,46,47)/b27-14-/t28-,29-,31+,32-/m1/s1. The second-order valence-corrected chi connectivity index (χ2v) is 11.9. The van der Waals surface area contributed by atoms with Crippen molar-refractivity contribution in [2.24, 2.45) is 0 Å². The van der Waals surface area contributed by atoms with Crippen LogP contribution in [0.5, 0.6) is 46.0 Å². The number of rotatable bonds is 12. The first-order valence-corrected chi connectivity index (χ1v) is 15.8. The minimum Gasteiger partial charge on any atom is -0.504 e. The molecule has 4 atom stereocenters. The fourth-order valence-electron chi connectivity index (χ4n) is 5.65. The third-order valence-corrected chi connectivity index (χ3v) is 8.32. The van der Waals surface area contributed by atoms with Crippen LogP contribution in [0.15, 0.2) is 72.5 Å². The van der Waals surface area contributed by atoms with Gasteiger partial charge in [-0.15, -0.1) is 0 Å². The van der Waals surface area contributed by atoms with Crippen LogP contribution in [-0.2, 0) is 46.2 Å². The number of carboxylic acids is 1. The van der Waals surface area contributed by atoms with Gasteiger partial charge in [0.05, 0.1) is 7.11 Å². The van der Waals surface area contributed by atoms with Gasteiger partial charge in [0.25, 0.3) is 0 Å². The molecular formula is C37H32O17. The molecule has 0 fully saturated rings. The summed E-state index contributed by atoms with van der Waals surface area (Å²) < 4.78 is 21.3. The van der Waals surface area contributed by atoms with Crippen molar-refractivity contribution < 1.29 is 84.1 Å². The highest BCUT2D eigenvalue weighted by atomic mass is 16.6. The predicted octanol–water partition coefficient (Wildman–Crippen LogP) is 3.31. The number of carbonyl (C=O) groups excluding carboxylic acids is 3. The van der Waals surface area contributed by atoms with Crippen LogP contribution in [0.25, 0.3) is 6.08 Å². The summed E-state index contributed by atoms with van der Waals surface area (Å²) in [5.41, 5.74) is 0.0641. The minimum atomic E-state index is -1.88. The summed E-state index contributed by atoms with van der Waals surface area (Å²) in [6.07, 6.45) is -5.03. The van der Waals surface area contributed by atoms with E-state index >= 15 is 0 Å². The zero-order chi connectivity index (χ0) is 39.4. The van der Waals surface area contributed by atoms with E-state index in [4.69, 9.17) is 18.9 Å². The molecule has 0 spiro atoms. The first-order chi connectivity index (χ1) is 25.6. The highest BCUT2D eigenvalue weighted by Crippen LogP contribution is 2.53. The Labute approximate surface area is 304 Å². The molecule has 1 aliphatic heterocycles. The minimum absolute atomic E-state index is 0.0398. The molecule has 17 nitrogen and oxygen atoms in total. The van der Waals surface area contributed by atoms with Gasteiger partial charge in [0.2, 0.25) is 18.0 Å². The molecule has 0 saturated carbocycles. The van der Waals surface area contributed by atoms with Crippen molar-refractivity contribution in [3.63, 3.8) is 0 Å². The highest BCUT2D eigenvalue weighted by molar-refractivity contribution is 5.94. The average molecular weight is 749 g/mol. The summed E-state index contributed by atoms with van der Waals surface area (Å²) in [5.74, 6) is -12.2. The lowest BCUT2D eigenvalue weighted by Gasteiger charge is -2.22. The van der Waals surface area contributed by atoms with E-state index in [1.807, 2.05) is 0 Å². The maximum absolute atomic E-state index is 14.0. The van der Waals surface area contributed by atoms with Crippen LogP contribution < -0.4 is 4.74 Å². The summed E-state index contributed by atoms with van der Waals surface area (Å²) in [6, 6.07) is 12.7. The Morgan fingerprint density at radius 3 is 1.76 bits per heavy atom. The molecule has 1 aliphatic rings. The van der Waals surface area contributed by atoms with E-state index in [-0.39, 0.29) is 40.0 Å². The van der Waals surface area contributed by atoms with Crippen LogP contribution >= 0.6 is 0 Å². The second-order valence-electron chi connectivity index (χ2n) is 11.9.